The highest BCUT2D eigenvalue weighted by molar-refractivity contribution is 7.99. The summed E-state index contributed by atoms with van der Waals surface area (Å²) in [6.45, 7) is 1.90. The van der Waals surface area contributed by atoms with Crippen LogP contribution in [0.5, 0.6) is 5.75 Å². The lowest BCUT2D eigenvalue weighted by Crippen LogP contribution is -2.06. The van der Waals surface area contributed by atoms with Crippen LogP contribution in [-0.2, 0) is 9.59 Å². The van der Waals surface area contributed by atoms with E-state index < -0.39 is 5.97 Å². The first kappa shape index (κ1) is 14.4. The van der Waals surface area contributed by atoms with Gasteiger partial charge in [0, 0.05) is 18.4 Å². The fourth-order valence-electron chi connectivity index (χ4n) is 1.22. The molecule has 0 heterocycles. The number of carbonyl (C=O) groups is 2. The number of anilines is 1. The van der Waals surface area contributed by atoms with Crippen LogP contribution in [-0.4, -0.2) is 35.1 Å². The Morgan fingerprint density at radius 1 is 1.33 bits per heavy atom. The Bertz CT molecular complexity index is 405. The second kappa shape index (κ2) is 7.60. The van der Waals surface area contributed by atoms with Crippen molar-refractivity contribution in [1.29, 1.82) is 0 Å². The van der Waals surface area contributed by atoms with Crippen molar-refractivity contribution in [3.05, 3.63) is 24.3 Å². The molecule has 0 bridgehead atoms. The molecule has 1 aromatic rings. The van der Waals surface area contributed by atoms with Gasteiger partial charge in [0.15, 0.2) is 0 Å². The smallest absolute Gasteiger partial charge is 0.313 e. The fraction of sp³-hybridized carbons (Fsp3) is 0.333. The molecule has 1 rings (SSSR count). The van der Waals surface area contributed by atoms with E-state index in [0.717, 1.165) is 5.69 Å². The summed E-state index contributed by atoms with van der Waals surface area (Å²) < 4.78 is 5.42. The lowest BCUT2D eigenvalue weighted by molar-refractivity contribution is -0.133. The second-order valence-electron chi connectivity index (χ2n) is 3.50. The third-order valence-corrected chi connectivity index (χ3v) is 2.80. The molecule has 0 atom stereocenters. The topological polar surface area (TPSA) is 75.6 Å². The maximum absolute atomic E-state index is 10.8. The third-order valence-electron chi connectivity index (χ3n) is 1.90. The van der Waals surface area contributed by atoms with Crippen molar-refractivity contribution in [2.75, 3.05) is 23.4 Å². The highest BCUT2D eigenvalue weighted by Crippen LogP contribution is 2.15. The van der Waals surface area contributed by atoms with Gasteiger partial charge in [0.05, 0.1) is 12.4 Å². The number of carboxylic acids is 1. The van der Waals surface area contributed by atoms with Crippen molar-refractivity contribution in [2.45, 2.75) is 6.92 Å². The van der Waals surface area contributed by atoms with E-state index in [1.807, 2.05) is 0 Å². The Hall–Kier alpha value is -1.69. The molecule has 0 aliphatic rings. The van der Waals surface area contributed by atoms with Crippen LogP contribution in [0.2, 0.25) is 0 Å². The number of thioether (sulfide) groups is 1. The van der Waals surface area contributed by atoms with Crippen molar-refractivity contribution in [3.8, 4) is 5.75 Å². The Morgan fingerprint density at radius 2 is 2.00 bits per heavy atom. The molecule has 0 fully saturated rings. The number of carbonyl (C=O) groups excluding carboxylic acids is 1. The quantitative estimate of drug-likeness (QED) is 0.739. The minimum absolute atomic E-state index is 0.0881. The highest BCUT2D eigenvalue weighted by Gasteiger charge is 1.99. The van der Waals surface area contributed by atoms with Gasteiger partial charge in [-0.05, 0) is 24.3 Å². The molecule has 6 heteroatoms. The number of amides is 1. The van der Waals surface area contributed by atoms with Crippen molar-refractivity contribution < 1.29 is 19.4 Å². The lowest BCUT2D eigenvalue weighted by atomic mass is 10.3. The van der Waals surface area contributed by atoms with Gasteiger partial charge >= 0.3 is 5.97 Å². The summed E-state index contributed by atoms with van der Waals surface area (Å²) >= 11 is 1.31. The van der Waals surface area contributed by atoms with Crippen LogP contribution in [0.25, 0.3) is 0 Å². The van der Waals surface area contributed by atoms with Crippen LogP contribution in [0.3, 0.4) is 0 Å². The Labute approximate surface area is 110 Å². The SMILES string of the molecule is CC(=O)Nc1ccc(OCCSCC(=O)O)cc1. The van der Waals surface area contributed by atoms with Crippen LogP contribution < -0.4 is 10.1 Å². The minimum atomic E-state index is -0.820. The lowest BCUT2D eigenvalue weighted by Gasteiger charge is -2.07. The number of ether oxygens (including phenoxy) is 1. The zero-order chi connectivity index (χ0) is 13.4. The molecule has 0 spiro atoms. The third kappa shape index (κ3) is 6.15. The summed E-state index contributed by atoms with van der Waals surface area (Å²) in [5, 5.41) is 11.1. The maximum atomic E-state index is 10.8. The van der Waals surface area contributed by atoms with E-state index in [0.29, 0.717) is 18.1 Å². The number of benzene rings is 1. The summed E-state index contributed by atoms with van der Waals surface area (Å²) in [7, 11) is 0. The molecule has 0 radical (unpaired) electrons. The molecule has 98 valence electrons. The number of rotatable bonds is 7. The number of nitrogens with one attached hydrogen (secondary N) is 1. The van der Waals surface area contributed by atoms with Crippen LogP contribution >= 0.6 is 11.8 Å². The molecule has 0 aliphatic heterocycles. The van der Waals surface area contributed by atoms with Gasteiger partial charge in [-0.25, -0.2) is 0 Å². The summed E-state index contributed by atoms with van der Waals surface area (Å²) in [5.74, 6) is 0.471. The summed E-state index contributed by atoms with van der Waals surface area (Å²) in [5.41, 5.74) is 0.718. The molecule has 0 unspecified atom stereocenters. The highest BCUT2D eigenvalue weighted by atomic mass is 32.2. The number of aliphatic carboxylic acids is 1. The zero-order valence-electron chi connectivity index (χ0n) is 10.0. The normalized spacial score (nSPS) is 9.83. The first-order valence-corrected chi connectivity index (χ1v) is 6.53. The average Bonchev–Trinajstić information content (AvgIpc) is 2.30. The van der Waals surface area contributed by atoms with Crippen LogP contribution in [0.15, 0.2) is 24.3 Å². The molecule has 1 aromatic carbocycles. The van der Waals surface area contributed by atoms with E-state index in [4.69, 9.17) is 9.84 Å². The molecule has 2 N–H and O–H groups in total. The molecular weight excluding hydrogens is 254 g/mol. The number of carboxylic acid groups (broad SMARTS) is 1. The van der Waals surface area contributed by atoms with Gasteiger partial charge in [-0.1, -0.05) is 0 Å². The molecule has 0 aliphatic carbocycles. The van der Waals surface area contributed by atoms with Crippen LogP contribution in [0.4, 0.5) is 5.69 Å². The molecule has 0 saturated heterocycles. The van der Waals surface area contributed by atoms with E-state index in [1.165, 1.54) is 18.7 Å². The summed E-state index contributed by atoms with van der Waals surface area (Å²) in [4.78, 5) is 21.1. The van der Waals surface area contributed by atoms with E-state index in [9.17, 15) is 9.59 Å². The minimum Gasteiger partial charge on any atom is -0.493 e. The van der Waals surface area contributed by atoms with E-state index in [-0.39, 0.29) is 11.7 Å². The monoisotopic (exact) mass is 269 g/mol. The first-order valence-electron chi connectivity index (χ1n) is 5.38. The van der Waals surface area contributed by atoms with Gasteiger partial charge in [0.25, 0.3) is 0 Å². The predicted octanol–water partition coefficient (Wildman–Crippen LogP) is 1.84. The number of hydrogen-bond acceptors (Lipinski definition) is 4. The van der Waals surface area contributed by atoms with Crippen LogP contribution in [0, 0.1) is 0 Å². The second-order valence-corrected chi connectivity index (χ2v) is 4.61. The van der Waals surface area contributed by atoms with E-state index in [2.05, 4.69) is 5.32 Å². The first-order chi connectivity index (χ1) is 8.58. The Kier molecular flexibility index (Phi) is 6.07. The van der Waals surface area contributed by atoms with E-state index in [1.54, 1.807) is 24.3 Å². The van der Waals surface area contributed by atoms with Gasteiger partial charge < -0.3 is 15.2 Å². The molecular formula is C12H15NO4S. The van der Waals surface area contributed by atoms with Gasteiger partial charge in [-0.15, -0.1) is 11.8 Å². The maximum Gasteiger partial charge on any atom is 0.313 e. The largest absolute Gasteiger partial charge is 0.493 e. The molecule has 0 saturated carbocycles. The van der Waals surface area contributed by atoms with Crippen molar-refractivity contribution in [1.82, 2.24) is 0 Å². The van der Waals surface area contributed by atoms with E-state index >= 15 is 0 Å². The Balaban J connectivity index is 2.26. The predicted molar refractivity (Wildman–Crippen MR) is 71.2 cm³/mol. The van der Waals surface area contributed by atoms with Crippen molar-refractivity contribution >= 4 is 29.3 Å². The van der Waals surface area contributed by atoms with Crippen molar-refractivity contribution in [3.63, 3.8) is 0 Å². The molecule has 1 amide bonds. The van der Waals surface area contributed by atoms with Gasteiger partial charge in [0.1, 0.15) is 5.75 Å². The molecule has 0 aromatic heterocycles. The van der Waals surface area contributed by atoms with Gasteiger partial charge in [0.2, 0.25) is 5.91 Å². The number of hydrogen-bond donors (Lipinski definition) is 2. The van der Waals surface area contributed by atoms with Gasteiger partial charge in [-0.3, -0.25) is 9.59 Å². The summed E-state index contributed by atoms with van der Waals surface area (Å²) in [6.07, 6.45) is 0. The van der Waals surface area contributed by atoms with Crippen LogP contribution in [0.1, 0.15) is 6.92 Å². The fourth-order valence-corrected chi connectivity index (χ4v) is 1.74. The van der Waals surface area contributed by atoms with Gasteiger partial charge in [-0.2, -0.15) is 0 Å². The standard InChI is InChI=1S/C12H15NO4S/c1-9(14)13-10-2-4-11(5-3-10)17-6-7-18-8-12(15)16/h2-5H,6-8H2,1H3,(H,13,14)(H,15,16). The molecule has 5 nitrogen and oxygen atoms in total. The summed E-state index contributed by atoms with van der Waals surface area (Å²) in [6, 6.07) is 7.02. The van der Waals surface area contributed by atoms with Crippen molar-refractivity contribution in [2.24, 2.45) is 0 Å². The Morgan fingerprint density at radius 3 is 2.56 bits per heavy atom. The average molecular weight is 269 g/mol. The zero-order valence-corrected chi connectivity index (χ0v) is 10.8. The molecule has 18 heavy (non-hydrogen) atoms.